The molecule has 3 N–H and O–H groups in total. The van der Waals surface area contributed by atoms with E-state index < -0.39 is 24.4 Å². The number of halogens is 1. The van der Waals surface area contributed by atoms with E-state index in [-0.39, 0.29) is 53.9 Å². The van der Waals surface area contributed by atoms with E-state index in [1.54, 1.807) is 18.5 Å². The maximum absolute atomic E-state index is 12.1. The van der Waals surface area contributed by atoms with Gasteiger partial charge in [-0.1, -0.05) is 23.7 Å². The first-order chi connectivity index (χ1) is 14.9. The Hall–Kier alpha value is -2.75. The number of amides is 2. The van der Waals surface area contributed by atoms with E-state index in [0.29, 0.717) is 5.69 Å². The number of nitrogens with one attached hydrogen (secondary N) is 2. The molecule has 1 heterocycles. The number of carboxylic acids is 1. The third-order valence-corrected chi connectivity index (χ3v) is 4.35. The summed E-state index contributed by atoms with van der Waals surface area (Å²) in [6, 6.07) is 15.1. The molecule has 0 saturated heterocycles. The van der Waals surface area contributed by atoms with Gasteiger partial charge in [0, 0.05) is 23.1 Å². The molecule has 3 rings (SSSR count). The summed E-state index contributed by atoms with van der Waals surface area (Å²) in [6.45, 7) is -0.772. The molecule has 0 atom stereocenters. The first kappa shape index (κ1) is 25.5. The second-order valence-electron chi connectivity index (χ2n) is 6.40. The Kier molecular flexibility index (Phi) is 9.83. The molecule has 0 fully saturated rings. The summed E-state index contributed by atoms with van der Waals surface area (Å²) in [5, 5.41) is 14.5. The minimum absolute atomic E-state index is 0. The van der Waals surface area contributed by atoms with Gasteiger partial charge in [-0.05, 0) is 53.6 Å². The molecular weight excluding hydrogens is 445 g/mol. The van der Waals surface area contributed by atoms with Crippen LogP contribution in [0.5, 0.6) is 0 Å². The molecular formula is C22H19ClN3NaO5. The number of ether oxygens (including phenoxy) is 1. The maximum Gasteiger partial charge on any atom is 1.00 e. The molecule has 2 amide bonds. The molecule has 0 aliphatic carbocycles. The van der Waals surface area contributed by atoms with Gasteiger partial charge in [0.25, 0.3) is 0 Å². The molecule has 10 heteroatoms. The number of hydrogen-bond donors (Lipinski definition) is 3. The van der Waals surface area contributed by atoms with Crippen LogP contribution in [0.2, 0.25) is 5.02 Å². The van der Waals surface area contributed by atoms with Crippen molar-refractivity contribution in [3.63, 3.8) is 0 Å². The largest absolute Gasteiger partial charge is 1.00 e. The second-order valence-corrected chi connectivity index (χ2v) is 6.84. The van der Waals surface area contributed by atoms with Gasteiger partial charge in [-0.25, -0.2) is 4.79 Å². The number of pyridine rings is 1. The van der Waals surface area contributed by atoms with E-state index in [0.717, 1.165) is 11.1 Å². The van der Waals surface area contributed by atoms with Crippen molar-refractivity contribution in [3.05, 3.63) is 77.6 Å². The normalized spacial score (nSPS) is 10.0. The SMILES string of the molecule is O=C(COCC(=O)Nc1ccc(Cl)cc1C(=O)O)Nc1cccc(-c2ccncc2)c1.[H-].[Na+]. The van der Waals surface area contributed by atoms with E-state index in [4.69, 9.17) is 16.3 Å². The number of carboxylic acid groups (broad SMARTS) is 1. The number of benzene rings is 2. The van der Waals surface area contributed by atoms with Gasteiger partial charge in [0.1, 0.15) is 13.2 Å². The first-order valence-corrected chi connectivity index (χ1v) is 9.51. The zero-order valence-electron chi connectivity index (χ0n) is 18.2. The van der Waals surface area contributed by atoms with Crippen molar-refractivity contribution in [2.75, 3.05) is 23.8 Å². The number of nitrogens with zero attached hydrogens (tertiary/aromatic N) is 1. The van der Waals surface area contributed by atoms with Crippen LogP contribution in [0.1, 0.15) is 11.8 Å². The molecule has 0 spiro atoms. The fourth-order valence-electron chi connectivity index (χ4n) is 2.74. The predicted molar refractivity (Wildman–Crippen MR) is 117 cm³/mol. The van der Waals surface area contributed by atoms with Gasteiger partial charge < -0.3 is 21.9 Å². The molecule has 160 valence electrons. The fraction of sp³-hybridized carbons (Fsp3) is 0.0909. The van der Waals surface area contributed by atoms with Gasteiger partial charge >= 0.3 is 35.5 Å². The van der Waals surface area contributed by atoms with Crippen LogP contribution in [0.3, 0.4) is 0 Å². The van der Waals surface area contributed by atoms with Crippen LogP contribution < -0.4 is 40.2 Å². The molecule has 2 aromatic carbocycles. The Morgan fingerprint density at radius 3 is 2.31 bits per heavy atom. The van der Waals surface area contributed by atoms with Gasteiger partial charge in [-0.3, -0.25) is 14.6 Å². The van der Waals surface area contributed by atoms with E-state index in [1.807, 2.05) is 30.3 Å². The van der Waals surface area contributed by atoms with Crippen LogP contribution in [-0.4, -0.2) is 41.1 Å². The van der Waals surface area contributed by atoms with Crippen molar-refractivity contribution in [3.8, 4) is 11.1 Å². The molecule has 8 nitrogen and oxygen atoms in total. The smallest absolute Gasteiger partial charge is 1.00 e. The average Bonchev–Trinajstić information content (AvgIpc) is 2.75. The summed E-state index contributed by atoms with van der Waals surface area (Å²) in [4.78, 5) is 39.4. The van der Waals surface area contributed by atoms with Crippen LogP contribution in [0.4, 0.5) is 11.4 Å². The van der Waals surface area contributed by atoms with Crippen molar-refractivity contribution >= 4 is 40.8 Å². The monoisotopic (exact) mass is 463 g/mol. The summed E-state index contributed by atoms with van der Waals surface area (Å²) < 4.78 is 5.13. The number of carbonyl (C=O) groups is 3. The number of aromatic nitrogens is 1. The van der Waals surface area contributed by atoms with Crippen molar-refractivity contribution in [2.24, 2.45) is 0 Å². The minimum Gasteiger partial charge on any atom is -1.00 e. The molecule has 3 aromatic rings. The Bertz CT molecular complexity index is 1120. The molecule has 32 heavy (non-hydrogen) atoms. The number of hydrogen-bond acceptors (Lipinski definition) is 5. The Morgan fingerprint density at radius 1 is 0.938 bits per heavy atom. The fourth-order valence-corrected chi connectivity index (χ4v) is 2.92. The van der Waals surface area contributed by atoms with Crippen LogP contribution >= 0.6 is 11.6 Å². The van der Waals surface area contributed by atoms with Gasteiger partial charge in [0.15, 0.2) is 0 Å². The third-order valence-electron chi connectivity index (χ3n) is 4.11. The molecule has 0 radical (unpaired) electrons. The van der Waals surface area contributed by atoms with E-state index in [9.17, 15) is 19.5 Å². The van der Waals surface area contributed by atoms with Crippen molar-refractivity contribution in [1.29, 1.82) is 0 Å². The number of rotatable bonds is 8. The molecule has 0 aliphatic heterocycles. The van der Waals surface area contributed by atoms with E-state index >= 15 is 0 Å². The van der Waals surface area contributed by atoms with Gasteiger partial charge in [0.2, 0.25) is 11.8 Å². The van der Waals surface area contributed by atoms with Crippen molar-refractivity contribution in [1.82, 2.24) is 4.98 Å². The van der Waals surface area contributed by atoms with Gasteiger partial charge in [-0.2, -0.15) is 0 Å². The third kappa shape index (κ3) is 7.44. The summed E-state index contributed by atoms with van der Waals surface area (Å²) in [6.07, 6.45) is 3.37. The summed E-state index contributed by atoms with van der Waals surface area (Å²) in [5.41, 5.74) is 2.40. The summed E-state index contributed by atoms with van der Waals surface area (Å²) in [5.74, 6) is -2.26. The number of aromatic carboxylic acids is 1. The first-order valence-electron chi connectivity index (χ1n) is 9.13. The number of carbonyl (C=O) groups excluding carboxylic acids is 2. The second kappa shape index (κ2) is 12.3. The van der Waals surface area contributed by atoms with Crippen molar-refractivity contribution < 1.29 is 55.2 Å². The zero-order valence-corrected chi connectivity index (χ0v) is 19.9. The maximum atomic E-state index is 12.1. The van der Waals surface area contributed by atoms with Gasteiger partial charge in [0.05, 0.1) is 11.3 Å². The topological polar surface area (TPSA) is 118 Å². The number of anilines is 2. The average molecular weight is 464 g/mol. The van der Waals surface area contributed by atoms with Crippen LogP contribution in [0.25, 0.3) is 11.1 Å². The summed E-state index contributed by atoms with van der Waals surface area (Å²) in [7, 11) is 0. The molecule has 0 bridgehead atoms. The molecule has 0 unspecified atom stereocenters. The summed E-state index contributed by atoms with van der Waals surface area (Å²) >= 11 is 5.78. The molecule has 0 aliphatic rings. The Labute approximate surface area is 212 Å². The van der Waals surface area contributed by atoms with Crippen molar-refractivity contribution in [2.45, 2.75) is 0 Å². The standard InChI is InChI=1S/C22H18ClN3O5.Na.H/c23-16-4-5-19(18(11-16)22(29)30)26-21(28)13-31-12-20(27)25-17-3-1-2-15(10-17)14-6-8-24-9-7-14;;/h1-11H,12-13H2,(H,25,27)(H,26,28)(H,29,30);;/q;+1;-1. The molecule has 0 saturated carbocycles. The Morgan fingerprint density at radius 2 is 1.62 bits per heavy atom. The zero-order chi connectivity index (χ0) is 22.2. The van der Waals surface area contributed by atoms with Gasteiger partial charge in [-0.15, -0.1) is 0 Å². The van der Waals surface area contributed by atoms with E-state index in [2.05, 4.69) is 15.6 Å². The molecule has 1 aromatic heterocycles. The van der Waals surface area contributed by atoms with E-state index in [1.165, 1.54) is 18.2 Å². The predicted octanol–water partition coefficient (Wildman–Crippen LogP) is 0.810. The van der Waals surface area contributed by atoms with Crippen LogP contribution in [0.15, 0.2) is 67.0 Å². The minimum atomic E-state index is -1.23. The van der Waals surface area contributed by atoms with Crippen LogP contribution in [0, 0.1) is 0 Å². The van der Waals surface area contributed by atoms with Crippen LogP contribution in [-0.2, 0) is 14.3 Å². The Balaban J connectivity index is 0.00000272. The quantitative estimate of drug-likeness (QED) is 0.426.